The lowest BCUT2D eigenvalue weighted by Crippen LogP contribution is -2.35. The van der Waals surface area contributed by atoms with Crippen LogP contribution in [0.2, 0.25) is 0 Å². The highest BCUT2D eigenvalue weighted by Crippen LogP contribution is 2.09. The lowest BCUT2D eigenvalue weighted by molar-refractivity contribution is -0.125. The maximum absolute atomic E-state index is 11.6. The van der Waals surface area contributed by atoms with Crippen molar-refractivity contribution < 1.29 is 4.79 Å². The molecule has 0 aliphatic rings. The number of hydrogen-bond acceptors (Lipinski definition) is 2. The van der Waals surface area contributed by atoms with Gasteiger partial charge >= 0.3 is 0 Å². The molecule has 88 valence electrons. The fourth-order valence-electron chi connectivity index (χ4n) is 1.30. The van der Waals surface area contributed by atoms with Gasteiger partial charge in [-0.1, -0.05) is 19.4 Å². The van der Waals surface area contributed by atoms with Gasteiger partial charge in [-0.2, -0.15) is 0 Å². The second kappa shape index (κ2) is 7.46. The van der Waals surface area contributed by atoms with E-state index in [1.54, 1.807) is 6.08 Å². The maximum Gasteiger partial charge on any atom is 0.223 e. The summed E-state index contributed by atoms with van der Waals surface area (Å²) in [5, 5.41) is 2.88. The average Bonchev–Trinajstić information content (AvgIpc) is 2.16. The Hall–Kier alpha value is -0.830. The summed E-state index contributed by atoms with van der Waals surface area (Å²) in [7, 11) is 0. The van der Waals surface area contributed by atoms with Crippen molar-refractivity contribution in [1.29, 1.82) is 0 Å². The Morgan fingerprint density at radius 1 is 1.40 bits per heavy atom. The molecule has 3 nitrogen and oxygen atoms in total. The highest BCUT2D eigenvalue weighted by atomic mass is 16.1. The summed E-state index contributed by atoms with van der Waals surface area (Å²) in [5.41, 5.74) is 5.64. The van der Waals surface area contributed by atoms with Gasteiger partial charge in [0.05, 0.1) is 0 Å². The highest BCUT2D eigenvalue weighted by Gasteiger charge is 2.13. The van der Waals surface area contributed by atoms with Crippen LogP contribution in [-0.4, -0.2) is 18.0 Å². The molecule has 0 aromatic heterocycles. The van der Waals surface area contributed by atoms with E-state index in [0.29, 0.717) is 0 Å². The minimum Gasteiger partial charge on any atom is -0.350 e. The van der Waals surface area contributed by atoms with Crippen molar-refractivity contribution >= 4 is 5.91 Å². The summed E-state index contributed by atoms with van der Waals surface area (Å²) in [4.78, 5) is 11.6. The first-order chi connectivity index (χ1) is 6.97. The number of nitrogens with one attached hydrogen (secondary N) is 1. The summed E-state index contributed by atoms with van der Waals surface area (Å²) in [6, 6.07) is 0.278. The van der Waals surface area contributed by atoms with Crippen molar-refractivity contribution in [3.05, 3.63) is 12.7 Å². The lowest BCUT2D eigenvalue weighted by atomic mass is 10.0. The van der Waals surface area contributed by atoms with Gasteiger partial charge in [0.2, 0.25) is 5.91 Å². The molecule has 0 bridgehead atoms. The standard InChI is InChI=1S/C12H24N2O/c1-5-11(4)14-12(15)9(2)7-6-8-10(3)13/h5,9-11H,1,6-8,13H2,2-4H3,(H,14,15). The molecular formula is C12H24N2O. The highest BCUT2D eigenvalue weighted by molar-refractivity contribution is 5.78. The number of hydrogen-bond donors (Lipinski definition) is 2. The van der Waals surface area contributed by atoms with E-state index in [2.05, 4.69) is 11.9 Å². The monoisotopic (exact) mass is 212 g/mol. The molecule has 0 fully saturated rings. The third-order valence-electron chi connectivity index (χ3n) is 2.47. The second-order valence-electron chi connectivity index (χ2n) is 4.34. The Morgan fingerprint density at radius 3 is 2.47 bits per heavy atom. The number of carbonyl (C=O) groups is 1. The molecule has 0 aliphatic heterocycles. The van der Waals surface area contributed by atoms with Crippen LogP contribution in [0.25, 0.3) is 0 Å². The first-order valence-electron chi connectivity index (χ1n) is 5.65. The molecule has 3 heteroatoms. The fraction of sp³-hybridized carbons (Fsp3) is 0.750. The zero-order valence-corrected chi connectivity index (χ0v) is 10.1. The topological polar surface area (TPSA) is 55.1 Å². The molecule has 3 unspecified atom stereocenters. The van der Waals surface area contributed by atoms with Gasteiger partial charge in [0.1, 0.15) is 0 Å². The van der Waals surface area contributed by atoms with E-state index in [9.17, 15) is 4.79 Å². The molecule has 0 spiro atoms. The van der Waals surface area contributed by atoms with Gasteiger partial charge in [-0.15, -0.1) is 6.58 Å². The molecular weight excluding hydrogens is 188 g/mol. The van der Waals surface area contributed by atoms with Crippen molar-refractivity contribution in [1.82, 2.24) is 5.32 Å². The maximum atomic E-state index is 11.6. The molecule has 3 atom stereocenters. The quantitative estimate of drug-likeness (QED) is 0.633. The van der Waals surface area contributed by atoms with Crippen molar-refractivity contribution in [3.8, 4) is 0 Å². The van der Waals surface area contributed by atoms with Crippen LogP contribution in [0.5, 0.6) is 0 Å². The Balaban J connectivity index is 3.74. The van der Waals surface area contributed by atoms with E-state index in [-0.39, 0.29) is 23.9 Å². The average molecular weight is 212 g/mol. The van der Waals surface area contributed by atoms with Crippen LogP contribution in [0.3, 0.4) is 0 Å². The SMILES string of the molecule is C=CC(C)NC(=O)C(C)CCCC(C)N. The second-order valence-corrected chi connectivity index (χ2v) is 4.34. The van der Waals surface area contributed by atoms with Gasteiger partial charge < -0.3 is 11.1 Å². The number of carbonyl (C=O) groups excluding carboxylic acids is 1. The first kappa shape index (κ1) is 14.2. The van der Waals surface area contributed by atoms with Crippen LogP contribution in [0, 0.1) is 5.92 Å². The fourth-order valence-corrected chi connectivity index (χ4v) is 1.30. The third kappa shape index (κ3) is 7.14. The zero-order chi connectivity index (χ0) is 11.8. The summed E-state index contributed by atoms with van der Waals surface area (Å²) in [6.07, 6.45) is 4.62. The van der Waals surface area contributed by atoms with E-state index in [1.807, 2.05) is 20.8 Å². The molecule has 0 aromatic rings. The molecule has 0 aliphatic carbocycles. The van der Waals surface area contributed by atoms with Crippen molar-refractivity contribution in [3.63, 3.8) is 0 Å². The van der Waals surface area contributed by atoms with Crippen LogP contribution in [0.15, 0.2) is 12.7 Å². The molecule has 0 radical (unpaired) electrons. The van der Waals surface area contributed by atoms with E-state index in [4.69, 9.17) is 5.73 Å². The summed E-state index contributed by atoms with van der Waals surface area (Å²) in [5.74, 6) is 0.165. The van der Waals surface area contributed by atoms with Gasteiger partial charge in [-0.3, -0.25) is 4.79 Å². The largest absolute Gasteiger partial charge is 0.350 e. The summed E-state index contributed by atoms with van der Waals surface area (Å²) < 4.78 is 0. The Labute approximate surface area is 93.1 Å². The minimum absolute atomic E-state index is 0.0494. The molecule has 3 N–H and O–H groups in total. The van der Waals surface area contributed by atoms with Crippen LogP contribution < -0.4 is 11.1 Å². The van der Waals surface area contributed by atoms with Gasteiger partial charge in [0, 0.05) is 18.0 Å². The predicted octanol–water partition coefficient (Wildman–Crippen LogP) is 1.83. The smallest absolute Gasteiger partial charge is 0.223 e. The van der Waals surface area contributed by atoms with E-state index in [1.165, 1.54) is 0 Å². The summed E-state index contributed by atoms with van der Waals surface area (Å²) in [6.45, 7) is 9.48. The Morgan fingerprint density at radius 2 is 2.00 bits per heavy atom. The first-order valence-corrected chi connectivity index (χ1v) is 5.65. The van der Waals surface area contributed by atoms with Crippen LogP contribution in [0.4, 0.5) is 0 Å². The van der Waals surface area contributed by atoms with Gasteiger partial charge in [-0.05, 0) is 26.7 Å². The van der Waals surface area contributed by atoms with Gasteiger partial charge in [0.15, 0.2) is 0 Å². The molecule has 0 rings (SSSR count). The summed E-state index contributed by atoms with van der Waals surface area (Å²) >= 11 is 0. The molecule has 0 heterocycles. The van der Waals surface area contributed by atoms with Crippen LogP contribution in [0.1, 0.15) is 40.0 Å². The van der Waals surface area contributed by atoms with Crippen LogP contribution >= 0.6 is 0 Å². The van der Waals surface area contributed by atoms with Crippen molar-refractivity contribution in [2.24, 2.45) is 11.7 Å². The third-order valence-corrected chi connectivity index (χ3v) is 2.47. The lowest BCUT2D eigenvalue weighted by Gasteiger charge is -2.15. The predicted molar refractivity (Wildman–Crippen MR) is 64.5 cm³/mol. The Kier molecular flexibility index (Phi) is 7.05. The number of amides is 1. The normalized spacial score (nSPS) is 16.5. The van der Waals surface area contributed by atoms with Crippen molar-refractivity contribution in [2.75, 3.05) is 0 Å². The number of nitrogens with two attached hydrogens (primary N) is 1. The molecule has 0 aromatic carbocycles. The number of rotatable bonds is 7. The van der Waals surface area contributed by atoms with Gasteiger partial charge in [-0.25, -0.2) is 0 Å². The van der Waals surface area contributed by atoms with E-state index in [0.717, 1.165) is 19.3 Å². The van der Waals surface area contributed by atoms with E-state index < -0.39 is 0 Å². The molecule has 0 saturated heterocycles. The Bertz CT molecular complexity index is 202. The minimum atomic E-state index is 0.0494. The van der Waals surface area contributed by atoms with Crippen LogP contribution in [-0.2, 0) is 4.79 Å². The van der Waals surface area contributed by atoms with E-state index >= 15 is 0 Å². The molecule has 1 amide bonds. The molecule has 0 saturated carbocycles. The zero-order valence-electron chi connectivity index (χ0n) is 10.1. The van der Waals surface area contributed by atoms with Crippen molar-refractivity contribution in [2.45, 2.75) is 52.1 Å². The molecule has 15 heavy (non-hydrogen) atoms. The van der Waals surface area contributed by atoms with Gasteiger partial charge in [0.25, 0.3) is 0 Å².